The van der Waals surface area contributed by atoms with Crippen LogP contribution in [-0.4, -0.2) is 26.3 Å². The fourth-order valence-electron chi connectivity index (χ4n) is 1.85. The topological polar surface area (TPSA) is 96.5 Å². The average Bonchev–Trinajstić information content (AvgIpc) is 2.84. The van der Waals surface area contributed by atoms with E-state index in [1.54, 1.807) is 0 Å². The zero-order valence-electron chi connectivity index (χ0n) is 9.57. The maximum absolute atomic E-state index is 10.9. The lowest BCUT2D eigenvalue weighted by molar-refractivity contribution is 0.0687. The van der Waals surface area contributed by atoms with Gasteiger partial charge in [0.15, 0.2) is 11.4 Å². The predicted molar refractivity (Wildman–Crippen MR) is 65.9 cm³/mol. The molecule has 19 heavy (non-hydrogen) atoms. The van der Waals surface area contributed by atoms with Gasteiger partial charge in [-0.25, -0.2) is 9.78 Å². The van der Waals surface area contributed by atoms with Crippen LogP contribution in [0, 0.1) is 0 Å². The van der Waals surface area contributed by atoms with E-state index in [0.717, 1.165) is 5.56 Å². The SMILES string of the molecule is O=C(O)c1ncc2c(-c3ccccc3)noc2c1O. The van der Waals surface area contributed by atoms with Gasteiger partial charge in [-0.2, -0.15) is 0 Å². The molecule has 0 saturated carbocycles. The molecule has 0 atom stereocenters. The molecular weight excluding hydrogens is 248 g/mol. The van der Waals surface area contributed by atoms with Gasteiger partial charge in [0.05, 0.1) is 5.39 Å². The second kappa shape index (κ2) is 4.09. The fraction of sp³-hybridized carbons (Fsp3) is 0. The van der Waals surface area contributed by atoms with Crippen LogP contribution in [0.2, 0.25) is 0 Å². The molecule has 0 spiro atoms. The van der Waals surface area contributed by atoms with E-state index >= 15 is 0 Å². The van der Waals surface area contributed by atoms with Gasteiger partial charge in [0.1, 0.15) is 5.69 Å². The molecule has 6 nitrogen and oxygen atoms in total. The van der Waals surface area contributed by atoms with Gasteiger partial charge in [-0.05, 0) is 0 Å². The average molecular weight is 256 g/mol. The third-order valence-corrected chi connectivity index (χ3v) is 2.74. The summed E-state index contributed by atoms with van der Waals surface area (Å²) in [6.07, 6.45) is 1.33. The Morgan fingerprint density at radius 3 is 2.63 bits per heavy atom. The molecule has 0 aliphatic carbocycles. The maximum Gasteiger partial charge on any atom is 0.358 e. The van der Waals surface area contributed by atoms with E-state index in [1.165, 1.54) is 6.20 Å². The molecule has 0 fully saturated rings. The number of aromatic carboxylic acids is 1. The molecule has 2 N–H and O–H groups in total. The molecule has 2 heterocycles. The molecule has 1 aromatic carbocycles. The van der Waals surface area contributed by atoms with Crippen molar-refractivity contribution in [2.45, 2.75) is 0 Å². The molecule has 0 aliphatic rings. The van der Waals surface area contributed by atoms with Crippen LogP contribution < -0.4 is 0 Å². The first-order chi connectivity index (χ1) is 9.18. The largest absolute Gasteiger partial charge is 0.502 e. The molecule has 94 valence electrons. The van der Waals surface area contributed by atoms with Crippen LogP contribution in [0.5, 0.6) is 5.75 Å². The normalized spacial score (nSPS) is 10.7. The van der Waals surface area contributed by atoms with Crippen molar-refractivity contribution in [2.75, 3.05) is 0 Å². The van der Waals surface area contributed by atoms with Crippen LogP contribution in [0.4, 0.5) is 0 Å². The highest BCUT2D eigenvalue weighted by atomic mass is 16.5. The summed E-state index contributed by atoms with van der Waals surface area (Å²) in [4.78, 5) is 14.6. The number of pyridine rings is 1. The quantitative estimate of drug-likeness (QED) is 0.730. The van der Waals surface area contributed by atoms with Gasteiger partial charge < -0.3 is 14.7 Å². The van der Waals surface area contributed by atoms with Crippen molar-refractivity contribution in [3.8, 4) is 17.0 Å². The van der Waals surface area contributed by atoms with E-state index in [1.807, 2.05) is 30.3 Å². The van der Waals surface area contributed by atoms with E-state index in [2.05, 4.69) is 10.1 Å². The smallest absolute Gasteiger partial charge is 0.358 e. The Bertz CT molecular complexity index is 765. The first-order valence-electron chi connectivity index (χ1n) is 5.44. The van der Waals surface area contributed by atoms with Crippen molar-refractivity contribution < 1.29 is 19.5 Å². The van der Waals surface area contributed by atoms with E-state index in [-0.39, 0.29) is 5.58 Å². The highest BCUT2D eigenvalue weighted by molar-refractivity contribution is 6.00. The Morgan fingerprint density at radius 1 is 1.21 bits per heavy atom. The molecule has 0 saturated heterocycles. The predicted octanol–water partition coefficient (Wildman–Crippen LogP) is 2.29. The van der Waals surface area contributed by atoms with Gasteiger partial charge in [0.2, 0.25) is 5.58 Å². The number of aromatic nitrogens is 2. The summed E-state index contributed by atoms with van der Waals surface area (Å²) in [6, 6.07) is 9.21. The maximum atomic E-state index is 10.9. The van der Waals surface area contributed by atoms with Gasteiger partial charge in [-0.3, -0.25) is 0 Å². The van der Waals surface area contributed by atoms with Crippen LogP contribution in [0.3, 0.4) is 0 Å². The van der Waals surface area contributed by atoms with E-state index in [9.17, 15) is 9.90 Å². The summed E-state index contributed by atoms with van der Waals surface area (Å²) in [5.74, 6) is -1.84. The fourth-order valence-corrected chi connectivity index (χ4v) is 1.85. The number of aromatic hydroxyl groups is 1. The minimum atomic E-state index is -1.32. The van der Waals surface area contributed by atoms with Crippen molar-refractivity contribution in [1.29, 1.82) is 0 Å². The Kier molecular flexibility index (Phi) is 2.42. The molecule has 0 aliphatic heterocycles. The number of hydrogen-bond acceptors (Lipinski definition) is 5. The Morgan fingerprint density at radius 2 is 1.95 bits per heavy atom. The number of carboxylic acid groups (broad SMARTS) is 1. The van der Waals surface area contributed by atoms with Crippen molar-refractivity contribution in [3.05, 3.63) is 42.2 Å². The zero-order chi connectivity index (χ0) is 13.4. The van der Waals surface area contributed by atoms with Crippen molar-refractivity contribution in [3.63, 3.8) is 0 Å². The van der Waals surface area contributed by atoms with Crippen LogP contribution in [0.25, 0.3) is 22.2 Å². The minimum absolute atomic E-state index is 0.0197. The standard InChI is InChI=1S/C13H8N2O4/c16-11-10(13(17)18)14-6-8-9(15-19-12(8)11)7-4-2-1-3-5-7/h1-6,16H,(H,17,18). The summed E-state index contributed by atoms with van der Waals surface area (Å²) in [6.45, 7) is 0. The van der Waals surface area contributed by atoms with Crippen LogP contribution >= 0.6 is 0 Å². The van der Waals surface area contributed by atoms with Gasteiger partial charge >= 0.3 is 5.97 Å². The molecule has 0 unspecified atom stereocenters. The molecule has 0 radical (unpaired) electrons. The molecule has 6 heteroatoms. The number of carbonyl (C=O) groups is 1. The van der Waals surface area contributed by atoms with Gasteiger partial charge in [0.25, 0.3) is 0 Å². The van der Waals surface area contributed by atoms with Crippen molar-refractivity contribution in [2.24, 2.45) is 0 Å². The Labute approximate surface area is 106 Å². The molecule has 2 aromatic heterocycles. The number of nitrogens with zero attached hydrogens (tertiary/aromatic N) is 2. The van der Waals surface area contributed by atoms with Crippen molar-refractivity contribution in [1.82, 2.24) is 10.1 Å². The van der Waals surface area contributed by atoms with Crippen LogP contribution in [0.1, 0.15) is 10.5 Å². The number of rotatable bonds is 2. The summed E-state index contributed by atoms with van der Waals surface area (Å²) in [5, 5.41) is 23.0. The Balaban J connectivity index is 2.26. The number of carboxylic acids is 1. The van der Waals surface area contributed by atoms with Crippen LogP contribution in [0.15, 0.2) is 41.1 Å². The molecule has 0 amide bonds. The van der Waals surface area contributed by atoms with E-state index in [4.69, 9.17) is 9.63 Å². The molecule has 0 bridgehead atoms. The summed E-state index contributed by atoms with van der Waals surface area (Å²) >= 11 is 0. The summed E-state index contributed by atoms with van der Waals surface area (Å²) < 4.78 is 5.02. The monoisotopic (exact) mass is 256 g/mol. The lowest BCUT2D eigenvalue weighted by Gasteiger charge is -1.98. The zero-order valence-corrected chi connectivity index (χ0v) is 9.57. The van der Waals surface area contributed by atoms with Gasteiger partial charge in [0, 0.05) is 11.8 Å². The van der Waals surface area contributed by atoms with E-state index in [0.29, 0.717) is 11.1 Å². The van der Waals surface area contributed by atoms with E-state index < -0.39 is 17.4 Å². The number of benzene rings is 1. The van der Waals surface area contributed by atoms with Gasteiger partial charge in [-0.1, -0.05) is 35.5 Å². The minimum Gasteiger partial charge on any atom is -0.502 e. The Hall–Kier alpha value is -2.89. The molecule has 3 rings (SSSR count). The number of fused-ring (bicyclic) bond motifs is 1. The third-order valence-electron chi connectivity index (χ3n) is 2.74. The lowest BCUT2D eigenvalue weighted by atomic mass is 10.1. The highest BCUT2D eigenvalue weighted by Gasteiger charge is 2.20. The first-order valence-corrected chi connectivity index (χ1v) is 5.44. The van der Waals surface area contributed by atoms with Crippen LogP contribution in [-0.2, 0) is 0 Å². The second-order valence-electron chi connectivity index (χ2n) is 3.90. The summed E-state index contributed by atoms with van der Waals surface area (Å²) in [5.41, 5.74) is 0.871. The number of hydrogen-bond donors (Lipinski definition) is 2. The summed E-state index contributed by atoms with van der Waals surface area (Å²) in [7, 11) is 0. The first kappa shape index (κ1) is 11.2. The van der Waals surface area contributed by atoms with Crippen molar-refractivity contribution >= 4 is 16.9 Å². The lowest BCUT2D eigenvalue weighted by Crippen LogP contribution is -2.00. The third kappa shape index (κ3) is 1.70. The highest BCUT2D eigenvalue weighted by Crippen LogP contribution is 2.33. The molecule has 3 aromatic rings. The molecular formula is C13H8N2O4. The van der Waals surface area contributed by atoms with Gasteiger partial charge in [-0.15, -0.1) is 0 Å². The second-order valence-corrected chi connectivity index (χ2v) is 3.90.